The molecule has 1 aromatic rings. The maximum absolute atomic E-state index is 3.61. The van der Waals surface area contributed by atoms with E-state index in [1.807, 2.05) is 11.3 Å². The molecule has 0 spiro atoms. The molecule has 96 valence electrons. The Hall–Kier alpha value is 0.100. The van der Waals surface area contributed by atoms with E-state index in [0.717, 1.165) is 19.0 Å². The molecule has 0 bridgehead atoms. The summed E-state index contributed by atoms with van der Waals surface area (Å²) < 4.78 is 1.28. The van der Waals surface area contributed by atoms with Crippen molar-refractivity contribution in [2.24, 2.45) is 5.92 Å². The van der Waals surface area contributed by atoms with Crippen molar-refractivity contribution in [3.8, 4) is 0 Å². The molecule has 1 aromatic heterocycles. The Labute approximate surface area is 117 Å². The van der Waals surface area contributed by atoms with Gasteiger partial charge in [0.15, 0.2) is 0 Å². The first-order valence-corrected chi connectivity index (χ1v) is 8.11. The molecule has 0 amide bonds. The molecular formula is C13H21BrN2S. The highest BCUT2D eigenvalue weighted by Gasteiger charge is 2.19. The second kappa shape index (κ2) is 6.88. The third-order valence-electron chi connectivity index (χ3n) is 3.45. The molecule has 2 rings (SSSR count). The molecule has 1 fully saturated rings. The smallest absolute Gasteiger partial charge is 0.0339 e. The number of nitrogens with zero attached hydrogens (tertiary/aromatic N) is 1. The number of rotatable bonds is 5. The summed E-state index contributed by atoms with van der Waals surface area (Å²) in [4.78, 5) is 4.05. The summed E-state index contributed by atoms with van der Waals surface area (Å²) in [7, 11) is 0. The molecule has 4 heteroatoms. The lowest BCUT2D eigenvalue weighted by atomic mass is 9.97. The van der Waals surface area contributed by atoms with E-state index in [0.29, 0.717) is 0 Å². The molecule has 0 aliphatic carbocycles. The molecule has 17 heavy (non-hydrogen) atoms. The first-order valence-electron chi connectivity index (χ1n) is 6.44. The van der Waals surface area contributed by atoms with Crippen LogP contribution in [0.15, 0.2) is 15.9 Å². The Morgan fingerprint density at radius 1 is 1.47 bits per heavy atom. The van der Waals surface area contributed by atoms with Gasteiger partial charge in [0, 0.05) is 15.9 Å². The van der Waals surface area contributed by atoms with Crippen LogP contribution in [-0.2, 0) is 6.54 Å². The number of piperidine rings is 1. The zero-order valence-corrected chi connectivity index (χ0v) is 12.8. The summed E-state index contributed by atoms with van der Waals surface area (Å²) >= 11 is 5.47. The molecule has 1 aliphatic rings. The molecular weight excluding hydrogens is 296 g/mol. The molecule has 1 saturated heterocycles. The fraction of sp³-hybridized carbons (Fsp3) is 0.692. The largest absolute Gasteiger partial charge is 0.317 e. The summed E-state index contributed by atoms with van der Waals surface area (Å²) in [5, 5.41) is 5.63. The summed E-state index contributed by atoms with van der Waals surface area (Å²) in [5.41, 5.74) is 0. The van der Waals surface area contributed by atoms with Crippen molar-refractivity contribution in [1.82, 2.24) is 10.2 Å². The number of thiophene rings is 1. The van der Waals surface area contributed by atoms with Crippen molar-refractivity contribution in [2.75, 3.05) is 26.2 Å². The van der Waals surface area contributed by atoms with E-state index in [1.54, 1.807) is 0 Å². The number of likely N-dealkylation sites (tertiary alicyclic amines) is 1. The average molecular weight is 317 g/mol. The monoisotopic (exact) mass is 316 g/mol. The summed E-state index contributed by atoms with van der Waals surface area (Å²) in [6.45, 7) is 8.10. The summed E-state index contributed by atoms with van der Waals surface area (Å²) in [6.07, 6.45) is 2.69. The van der Waals surface area contributed by atoms with Crippen LogP contribution in [0.2, 0.25) is 0 Å². The third-order valence-corrected chi connectivity index (χ3v) is 5.36. The van der Waals surface area contributed by atoms with Crippen molar-refractivity contribution in [3.63, 3.8) is 0 Å². The van der Waals surface area contributed by atoms with E-state index in [1.165, 1.54) is 41.8 Å². The van der Waals surface area contributed by atoms with Crippen LogP contribution in [0.1, 0.15) is 24.6 Å². The predicted molar refractivity (Wildman–Crippen MR) is 78.6 cm³/mol. The fourth-order valence-electron chi connectivity index (χ4n) is 2.34. The van der Waals surface area contributed by atoms with E-state index in [-0.39, 0.29) is 0 Å². The van der Waals surface area contributed by atoms with Gasteiger partial charge in [-0.25, -0.2) is 0 Å². The zero-order valence-electron chi connectivity index (χ0n) is 10.4. The normalized spacial score (nSPS) is 18.7. The first-order chi connectivity index (χ1) is 8.29. The SMILES string of the molecule is CCNCC1CCN(Cc2sccc2Br)CC1. The maximum atomic E-state index is 3.61. The second-order valence-electron chi connectivity index (χ2n) is 4.72. The minimum absolute atomic E-state index is 0.887. The van der Waals surface area contributed by atoms with Crippen LogP contribution in [0, 0.1) is 5.92 Å². The molecule has 0 unspecified atom stereocenters. The molecule has 0 saturated carbocycles. The number of nitrogens with one attached hydrogen (secondary N) is 1. The molecule has 0 atom stereocenters. The van der Waals surface area contributed by atoms with Crippen LogP contribution >= 0.6 is 27.3 Å². The summed E-state index contributed by atoms with van der Waals surface area (Å²) in [6, 6.07) is 2.15. The van der Waals surface area contributed by atoms with Gasteiger partial charge in [-0.2, -0.15) is 0 Å². The molecule has 1 N–H and O–H groups in total. The lowest BCUT2D eigenvalue weighted by Gasteiger charge is -2.31. The van der Waals surface area contributed by atoms with Gasteiger partial charge < -0.3 is 5.32 Å². The Morgan fingerprint density at radius 2 is 2.24 bits per heavy atom. The Bertz CT molecular complexity index is 332. The van der Waals surface area contributed by atoms with Crippen LogP contribution in [-0.4, -0.2) is 31.1 Å². The van der Waals surface area contributed by atoms with Crippen LogP contribution in [0.3, 0.4) is 0 Å². The van der Waals surface area contributed by atoms with Crippen LogP contribution in [0.5, 0.6) is 0 Å². The van der Waals surface area contributed by atoms with Gasteiger partial charge in [0.05, 0.1) is 0 Å². The highest BCUT2D eigenvalue weighted by atomic mass is 79.9. The lowest BCUT2D eigenvalue weighted by molar-refractivity contribution is 0.177. The predicted octanol–water partition coefficient (Wildman–Crippen LogP) is 3.33. The fourth-order valence-corrected chi connectivity index (χ4v) is 3.86. The minimum Gasteiger partial charge on any atom is -0.317 e. The molecule has 2 heterocycles. The number of hydrogen-bond acceptors (Lipinski definition) is 3. The van der Waals surface area contributed by atoms with Gasteiger partial charge in [-0.05, 0) is 72.3 Å². The molecule has 0 aromatic carbocycles. The van der Waals surface area contributed by atoms with Gasteiger partial charge in [0.1, 0.15) is 0 Å². The molecule has 2 nitrogen and oxygen atoms in total. The van der Waals surface area contributed by atoms with Crippen LogP contribution < -0.4 is 5.32 Å². The van der Waals surface area contributed by atoms with E-state index >= 15 is 0 Å². The highest BCUT2D eigenvalue weighted by Crippen LogP contribution is 2.26. The highest BCUT2D eigenvalue weighted by molar-refractivity contribution is 9.10. The maximum Gasteiger partial charge on any atom is 0.0339 e. The standard InChI is InChI=1S/C13H21BrN2S/c1-2-15-9-11-3-6-16(7-4-11)10-13-12(14)5-8-17-13/h5,8,11,15H,2-4,6-7,9-10H2,1H3. The van der Waals surface area contributed by atoms with Crippen molar-refractivity contribution in [1.29, 1.82) is 0 Å². The molecule has 1 aliphatic heterocycles. The van der Waals surface area contributed by atoms with Crippen LogP contribution in [0.4, 0.5) is 0 Å². The second-order valence-corrected chi connectivity index (χ2v) is 6.57. The van der Waals surface area contributed by atoms with E-state index in [2.05, 4.69) is 44.5 Å². The lowest BCUT2D eigenvalue weighted by Crippen LogP contribution is -2.36. The van der Waals surface area contributed by atoms with Crippen LogP contribution in [0.25, 0.3) is 0 Å². The minimum atomic E-state index is 0.887. The van der Waals surface area contributed by atoms with Gasteiger partial charge in [-0.1, -0.05) is 6.92 Å². The van der Waals surface area contributed by atoms with Crippen molar-refractivity contribution in [2.45, 2.75) is 26.3 Å². The van der Waals surface area contributed by atoms with Crippen molar-refractivity contribution >= 4 is 27.3 Å². The van der Waals surface area contributed by atoms with Crippen molar-refractivity contribution in [3.05, 3.63) is 20.8 Å². The Balaban J connectivity index is 1.74. The van der Waals surface area contributed by atoms with Gasteiger partial charge in [0.25, 0.3) is 0 Å². The topological polar surface area (TPSA) is 15.3 Å². The Kier molecular flexibility index (Phi) is 5.48. The van der Waals surface area contributed by atoms with Gasteiger partial charge in [-0.3, -0.25) is 4.90 Å². The first kappa shape index (κ1) is 13.5. The number of halogens is 1. The average Bonchev–Trinajstić information content (AvgIpc) is 2.74. The number of hydrogen-bond donors (Lipinski definition) is 1. The van der Waals surface area contributed by atoms with Gasteiger partial charge >= 0.3 is 0 Å². The summed E-state index contributed by atoms with van der Waals surface area (Å²) in [5.74, 6) is 0.887. The Morgan fingerprint density at radius 3 is 2.82 bits per heavy atom. The zero-order chi connectivity index (χ0) is 12.1. The third kappa shape index (κ3) is 4.05. The van der Waals surface area contributed by atoms with E-state index in [9.17, 15) is 0 Å². The van der Waals surface area contributed by atoms with Gasteiger partial charge in [0.2, 0.25) is 0 Å². The quantitative estimate of drug-likeness (QED) is 0.896. The molecule has 0 radical (unpaired) electrons. The van der Waals surface area contributed by atoms with E-state index < -0.39 is 0 Å². The van der Waals surface area contributed by atoms with Crippen molar-refractivity contribution < 1.29 is 0 Å². The van der Waals surface area contributed by atoms with Gasteiger partial charge in [-0.15, -0.1) is 11.3 Å². The van der Waals surface area contributed by atoms with E-state index in [4.69, 9.17) is 0 Å².